The molecule has 0 saturated carbocycles. The number of morpholine rings is 1. The number of hydroxylamine groups is 2. The molecule has 2 fully saturated rings. The van der Waals surface area contributed by atoms with Crippen LogP contribution in [0.25, 0.3) is 22.3 Å². The second kappa shape index (κ2) is 10.1. The van der Waals surface area contributed by atoms with Crippen molar-refractivity contribution in [1.29, 1.82) is 0 Å². The molecule has 2 saturated heterocycles. The van der Waals surface area contributed by atoms with Crippen molar-refractivity contribution in [3.05, 3.63) is 48.3 Å². The smallest absolute Gasteiger partial charge is 0.211 e. The molecule has 2 aliphatic heterocycles. The Hall–Kier alpha value is -2.70. The van der Waals surface area contributed by atoms with E-state index in [-0.39, 0.29) is 6.10 Å². The molecular formula is C24H30N6O4S. The first kappa shape index (κ1) is 24.0. The standard InChI is InChI=1S/C24H30N6O4S/c1-35(32,33)30-10-6-18(7-11-30)17-2-4-19(5-3-17)21-14-22-23(26-9-8-25-22)24(28-21)27-15-20-16-29(31)12-13-34-20/h2-5,8-9,14,18,20,31H,6-7,10-13,15-16H2,1H3,(H,27,28)/t20-/m1/s1. The summed E-state index contributed by atoms with van der Waals surface area (Å²) in [6.45, 7) is 3.03. The third kappa shape index (κ3) is 5.60. The lowest BCUT2D eigenvalue weighted by Crippen LogP contribution is -2.43. The predicted molar refractivity (Wildman–Crippen MR) is 133 cm³/mol. The number of fused-ring (bicyclic) bond motifs is 1. The Labute approximate surface area is 205 Å². The predicted octanol–water partition coefficient (Wildman–Crippen LogP) is 2.33. The van der Waals surface area contributed by atoms with Crippen molar-refractivity contribution in [1.82, 2.24) is 24.3 Å². The van der Waals surface area contributed by atoms with Crippen molar-refractivity contribution >= 4 is 26.9 Å². The minimum atomic E-state index is -3.13. The molecule has 2 aliphatic rings. The van der Waals surface area contributed by atoms with E-state index in [1.54, 1.807) is 16.7 Å². The normalized spacial score (nSPS) is 20.8. The molecule has 0 aliphatic carbocycles. The number of nitrogens with one attached hydrogen (secondary N) is 1. The maximum Gasteiger partial charge on any atom is 0.211 e. The van der Waals surface area contributed by atoms with E-state index in [2.05, 4.69) is 39.6 Å². The number of ether oxygens (including phenoxy) is 1. The molecule has 5 rings (SSSR count). The summed E-state index contributed by atoms with van der Waals surface area (Å²) in [6.07, 6.45) is 6.06. The van der Waals surface area contributed by atoms with E-state index in [9.17, 15) is 13.6 Å². The summed E-state index contributed by atoms with van der Waals surface area (Å²) in [4.78, 5) is 13.8. The summed E-state index contributed by atoms with van der Waals surface area (Å²) in [7, 11) is -3.13. The van der Waals surface area contributed by atoms with Gasteiger partial charge in [0, 0.05) is 44.1 Å². The molecule has 0 spiro atoms. The minimum absolute atomic E-state index is 0.153. The SMILES string of the molecule is CS(=O)(=O)N1CCC(c2ccc(-c3cc4nccnc4c(NC[C@@H]4CN(O)CCO4)n3)cc2)CC1. The van der Waals surface area contributed by atoms with Crippen LogP contribution in [0.1, 0.15) is 24.3 Å². The van der Waals surface area contributed by atoms with Gasteiger partial charge in [0.2, 0.25) is 10.0 Å². The lowest BCUT2D eigenvalue weighted by atomic mass is 9.89. The van der Waals surface area contributed by atoms with Crippen molar-refractivity contribution in [3.63, 3.8) is 0 Å². The van der Waals surface area contributed by atoms with Crippen LogP contribution < -0.4 is 5.32 Å². The van der Waals surface area contributed by atoms with Gasteiger partial charge in [0.05, 0.1) is 36.7 Å². The molecule has 1 aromatic carbocycles. The second-order valence-corrected chi connectivity index (χ2v) is 11.1. The maximum atomic E-state index is 11.8. The van der Waals surface area contributed by atoms with E-state index < -0.39 is 10.0 Å². The van der Waals surface area contributed by atoms with Gasteiger partial charge < -0.3 is 15.3 Å². The van der Waals surface area contributed by atoms with Gasteiger partial charge in [-0.1, -0.05) is 24.3 Å². The molecule has 0 bridgehead atoms. The van der Waals surface area contributed by atoms with E-state index in [4.69, 9.17) is 9.72 Å². The average molecular weight is 499 g/mol. The van der Waals surface area contributed by atoms with Crippen LogP contribution in [0.15, 0.2) is 42.7 Å². The highest BCUT2D eigenvalue weighted by Crippen LogP contribution is 2.31. The lowest BCUT2D eigenvalue weighted by Gasteiger charge is -2.30. The van der Waals surface area contributed by atoms with E-state index in [1.165, 1.54) is 16.9 Å². The summed E-state index contributed by atoms with van der Waals surface area (Å²) in [5.41, 5.74) is 4.39. The van der Waals surface area contributed by atoms with Crippen LogP contribution in [-0.2, 0) is 14.8 Å². The number of piperidine rings is 1. The third-order valence-corrected chi connectivity index (χ3v) is 7.98. The number of hydrogen-bond donors (Lipinski definition) is 2. The zero-order valence-electron chi connectivity index (χ0n) is 19.7. The Morgan fingerprint density at radius 1 is 1.11 bits per heavy atom. The van der Waals surface area contributed by atoms with Crippen molar-refractivity contribution in [2.24, 2.45) is 0 Å². The maximum absolute atomic E-state index is 11.8. The molecular weight excluding hydrogens is 468 g/mol. The molecule has 4 heterocycles. The number of pyridine rings is 1. The Balaban J connectivity index is 1.34. The van der Waals surface area contributed by atoms with Crippen molar-refractivity contribution in [3.8, 4) is 11.3 Å². The largest absolute Gasteiger partial charge is 0.374 e. The molecule has 0 radical (unpaired) electrons. The summed E-state index contributed by atoms with van der Waals surface area (Å²) < 4.78 is 30.9. The van der Waals surface area contributed by atoms with E-state index in [0.29, 0.717) is 56.6 Å². The van der Waals surface area contributed by atoms with Gasteiger partial charge in [0.15, 0.2) is 5.82 Å². The molecule has 2 N–H and O–H groups in total. The topological polar surface area (TPSA) is 121 Å². The van der Waals surface area contributed by atoms with Crippen LogP contribution in [0.2, 0.25) is 0 Å². The van der Waals surface area contributed by atoms with Crippen LogP contribution in [0.3, 0.4) is 0 Å². The first-order valence-electron chi connectivity index (χ1n) is 11.8. The first-order chi connectivity index (χ1) is 16.9. The fourth-order valence-corrected chi connectivity index (χ4v) is 5.60. The van der Waals surface area contributed by atoms with Crippen LogP contribution in [0.4, 0.5) is 5.82 Å². The fraction of sp³-hybridized carbons (Fsp3) is 0.458. The van der Waals surface area contributed by atoms with Gasteiger partial charge in [0.25, 0.3) is 0 Å². The zero-order valence-corrected chi connectivity index (χ0v) is 20.5. The molecule has 0 amide bonds. The van der Waals surface area contributed by atoms with Gasteiger partial charge in [-0.2, -0.15) is 5.06 Å². The van der Waals surface area contributed by atoms with Gasteiger partial charge in [-0.05, 0) is 30.4 Å². The van der Waals surface area contributed by atoms with Crippen molar-refractivity contribution < 1.29 is 18.4 Å². The number of rotatable bonds is 6. The van der Waals surface area contributed by atoms with Crippen LogP contribution in [0.5, 0.6) is 0 Å². The molecule has 2 aromatic heterocycles. The molecule has 186 valence electrons. The molecule has 10 nitrogen and oxygen atoms in total. The summed E-state index contributed by atoms with van der Waals surface area (Å²) in [5, 5.41) is 14.4. The molecule has 3 aromatic rings. The highest BCUT2D eigenvalue weighted by atomic mass is 32.2. The second-order valence-electron chi connectivity index (χ2n) is 9.12. The monoisotopic (exact) mass is 498 g/mol. The van der Waals surface area contributed by atoms with Gasteiger partial charge >= 0.3 is 0 Å². The van der Waals surface area contributed by atoms with Gasteiger partial charge in [-0.25, -0.2) is 22.7 Å². The Morgan fingerprint density at radius 3 is 2.57 bits per heavy atom. The van der Waals surface area contributed by atoms with E-state index >= 15 is 0 Å². The summed E-state index contributed by atoms with van der Waals surface area (Å²) in [6, 6.07) is 10.3. The Morgan fingerprint density at radius 2 is 1.86 bits per heavy atom. The molecule has 0 unspecified atom stereocenters. The molecule has 11 heteroatoms. The Kier molecular flexibility index (Phi) is 6.94. The van der Waals surface area contributed by atoms with E-state index in [1.807, 2.05) is 6.07 Å². The fourth-order valence-electron chi connectivity index (χ4n) is 4.73. The number of anilines is 1. The third-order valence-electron chi connectivity index (χ3n) is 6.67. The van der Waals surface area contributed by atoms with Crippen LogP contribution >= 0.6 is 0 Å². The van der Waals surface area contributed by atoms with Gasteiger partial charge in [-0.15, -0.1) is 0 Å². The van der Waals surface area contributed by atoms with Crippen LogP contribution in [-0.4, -0.2) is 89.6 Å². The quantitative estimate of drug-likeness (QED) is 0.527. The van der Waals surface area contributed by atoms with Gasteiger partial charge in [0.1, 0.15) is 5.52 Å². The summed E-state index contributed by atoms with van der Waals surface area (Å²) >= 11 is 0. The number of sulfonamides is 1. The number of hydrogen-bond acceptors (Lipinski definition) is 9. The van der Waals surface area contributed by atoms with E-state index in [0.717, 1.165) is 29.6 Å². The van der Waals surface area contributed by atoms with Crippen molar-refractivity contribution in [2.75, 3.05) is 50.9 Å². The average Bonchev–Trinajstić information content (AvgIpc) is 2.87. The molecule has 35 heavy (non-hydrogen) atoms. The Bertz CT molecular complexity index is 1280. The highest BCUT2D eigenvalue weighted by Gasteiger charge is 2.26. The van der Waals surface area contributed by atoms with Crippen molar-refractivity contribution in [2.45, 2.75) is 24.9 Å². The lowest BCUT2D eigenvalue weighted by molar-refractivity contribution is -0.165. The van der Waals surface area contributed by atoms with Crippen LogP contribution in [0, 0.1) is 0 Å². The van der Waals surface area contributed by atoms with Gasteiger partial charge in [-0.3, -0.25) is 4.98 Å². The number of nitrogens with zero attached hydrogens (tertiary/aromatic N) is 5. The summed E-state index contributed by atoms with van der Waals surface area (Å²) in [5.74, 6) is 0.970. The molecule has 1 atom stereocenters. The number of benzene rings is 1. The number of aromatic nitrogens is 3. The first-order valence-corrected chi connectivity index (χ1v) is 13.7. The highest BCUT2D eigenvalue weighted by molar-refractivity contribution is 7.88. The minimum Gasteiger partial charge on any atom is -0.374 e. The zero-order chi connectivity index (χ0) is 24.4.